The third-order valence-electron chi connectivity index (χ3n) is 5.93. The Hall–Kier alpha value is -2.78. The van der Waals surface area contributed by atoms with Crippen LogP contribution < -0.4 is 9.62 Å². The fourth-order valence-corrected chi connectivity index (χ4v) is 5.46. The highest BCUT2D eigenvalue weighted by Gasteiger charge is 2.33. The highest BCUT2D eigenvalue weighted by atomic mass is 35.5. The summed E-state index contributed by atoms with van der Waals surface area (Å²) in [6.07, 6.45) is 1.19. The lowest BCUT2D eigenvalue weighted by Crippen LogP contribution is -2.52. The minimum absolute atomic E-state index is 0.00625. The fourth-order valence-electron chi connectivity index (χ4n) is 3.91. The summed E-state index contributed by atoms with van der Waals surface area (Å²) in [6.45, 7) is 1.42. The van der Waals surface area contributed by atoms with E-state index in [1.165, 1.54) is 24.1 Å². The van der Waals surface area contributed by atoms with Gasteiger partial charge in [0.15, 0.2) is 0 Å². The lowest BCUT2D eigenvalue weighted by atomic mass is 10.0. The molecule has 0 spiro atoms. The number of amides is 2. The number of anilines is 1. The fraction of sp³-hybridized carbons (Fsp3) is 0.259. The summed E-state index contributed by atoms with van der Waals surface area (Å²) >= 11 is 18.5. The summed E-state index contributed by atoms with van der Waals surface area (Å²) in [5, 5.41) is 2.87. The van der Waals surface area contributed by atoms with Crippen LogP contribution in [-0.4, -0.2) is 51.0 Å². The number of likely N-dealkylation sites (N-methyl/N-ethyl adjacent to an activating group) is 1. The first kappa shape index (κ1) is 29.8. The smallest absolute Gasteiger partial charge is 0.244 e. The quantitative estimate of drug-likeness (QED) is 0.330. The molecule has 3 aromatic rings. The first-order valence-electron chi connectivity index (χ1n) is 11.6. The van der Waals surface area contributed by atoms with Gasteiger partial charge in [-0.05, 0) is 30.2 Å². The second-order valence-electron chi connectivity index (χ2n) is 8.81. The SMILES string of the molecule is CNC(=O)[C@@H](Cc1ccccc1)N(Cc1ccc(C)cc1)C(=O)CN(c1cc(Cl)c(Cl)cc1Cl)S(C)(=O)=O. The molecule has 0 aromatic heterocycles. The van der Waals surface area contributed by atoms with Crippen LogP contribution in [0.3, 0.4) is 0 Å². The van der Waals surface area contributed by atoms with E-state index in [4.69, 9.17) is 34.8 Å². The highest BCUT2D eigenvalue weighted by Crippen LogP contribution is 2.35. The molecule has 0 aliphatic carbocycles. The summed E-state index contributed by atoms with van der Waals surface area (Å²) in [6, 6.07) is 18.5. The van der Waals surface area contributed by atoms with Crippen molar-refractivity contribution >= 4 is 62.3 Å². The standard InChI is InChI=1S/C27H28Cl3N3O4S/c1-18-9-11-20(12-10-18)16-32(25(27(35)31-2)13-19-7-5-4-6-8-19)26(34)17-33(38(3,36)37)24-15-22(29)21(28)14-23(24)30/h4-12,14-15,25H,13,16-17H2,1-3H3,(H,31,35)/t25-/m1/s1. The molecule has 0 unspecified atom stereocenters. The molecule has 0 saturated carbocycles. The van der Waals surface area contributed by atoms with Gasteiger partial charge in [0.1, 0.15) is 12.6 Å². The minimum atomic E-state index is -3.99. The largest absolute Gasteiger partial charge is 0.357 e. The van der Waals surface area contributed by atoms with E-state index in [9.17, 15) is 18.0 Å². The van der Waals surface area contributed by atoms with E-state index in [1.807, 2.05) is 61.5 Å². The second-order valence-corrected chi connectivity index (χ2v) is 11.9. The number of aryl methyl sites for hydroxylation is 1. The Bertz CT molecular complexity index is 1400. The summed E-state index contributed by atoms with van der Waals surface area (Å²) in [7, 11) is -2.50. The monoisotopic (exact) mass is 595 g/mol. The van der Waals surface area contributed by atoms with E-state index >= 15 is 0 Å². The predicted octanol–water partition coefficient (Wildman–Crippen LogP) is 5.11. The molecule has 0 saturated heterocycles. The number of carbonyl (C=O) groups excluding carboxylic acids is 2. The first-order valence-corrected chi connectivity index (χ1v) is 14.6. The molecule has 0 heterocycles. The van der Waals surface area contributed by atoms with Crippen LogP contribution in [0.25, 0.3) is 0 Å². The molecule has 38 heavy (non-hydrogen) atoms. The number of sulfonamides is 1. The number of hydrogen-bond acceptors (Lipinski definition) is 4. The van der Waals surface area contributed by atoms with Gasteiger partial charge in [-0.25, -0.2) is 8.42 Å². The Labute approximate surface area is 238 Å². The molecule has 0 bridgehead atoms. The lowest BCUT2D eigenvalue weighted by Gasteiger charge is -2.33. The molecule has 1 atom stereocenters. The van der Waals surface area contributed by atoms with Crippen molar-refractivity contribution in [1.82, 2.24) is 10.2 Å². The molecule has 202 valence electrons. The maximum atomic E-state index is 13.9. The zero-order chi connectivity index (χ0) is 28.0. The predicted molar refractivity (Wildman–Crippen MR) is 153 cm³/mol. The maximum Gasteiger partial charge on any atom is 0.244 e. The summed E-state index contributed by atoms with van der Waals surface area (Å²) in [4.78, 5) is 28.4. The van der Waals surface area contributed by atoms with Crippen molar-refractivity contribution in [1.29, 1.82) is 0 Å². The number of benzene rings is 3. The third-order valence-corrected chi connectivity index (χ3v) is 8.08. The number of halogens is 3. The Kier molecular flexibility index (Phi) is 10.1. The second kappa shape index (κ2) is 12.8. The van der Waals surface area contributed by atoms with Crippen molar-refractivity contribution in [3.8, 4) is 0 Å². The van der Waals surface area contributed by atoms with Crippen molar-refractivity contribution in [2.24, 2.45) is 0 Å². The Morgan fingerprint density at radius 1 is 0.895 bits per heavy atom. The molecule has 0 fully saturated rings. The molecule has 0 aliphatic heterocycles. The molecular formula is C27H28Cl3N3O4S. The number of carbonyl (C=O) groups is 2. The third kappa shape index (κ3) is 7.63. The number of rotatable bonds is 10. The van der Waals surface area contributed by atoms with E-state index in [0.717, 1.165) is 27.3 Å². The van der Waals surface area contributed by atoms with Gasteiger partial charge >= 0.3 is 0 Å². The van der Waals surface area contributed by atoms with Gasteiger partial charge in [-0.15, -0.1) is 0 Å². The summed E-state index contributed by atoms with van der Waals surface area (Å²) in [5.74, 6) is -0.976. The van der Waals surface area contributed by atoms with Gasteiger partial charge in [0.05, 0.1) is 27.0 Å². The molecule has 2 amide bonds. The Morgan fingerprint density at radius 3 is 2.08 bits per heavy atom. The lowest BCUT2D eigenvalue weighted by molar-refractivity contribution is -0.139. The zero-order valence-corrected chi connectivity index (χ0v) is 24.2. The van der Waals surface area contributed by atoms with Crippen molar-refractivity contribution in [3.05, 3.63) is 98.5 Å². The van der Waals surface area contributed by atoms with Crippen LogP contribution in [-0.2, 0) is 32.6 Å². The minimum Gasteiger partial charge on any atom is -0.357 e. The molecule has 11 heteroatoms. The summed E-state index contributed by atoms with van der Waals surface area (Å²) in [5.41, 5.74) is 2.67. The molecule has 3 rings (SSSR count). The maximum absolute atomic E-state index is 13.9. The van der Waals surface area contributed by atoms with Gasteiger partial charge in [-0.2, -0.15) is 0 Å². The molecule has 1 N–H and O–H groups in total. The number of nitrogens with zero attached hydrogens (tertiary/aromatic N) is 2. The van der Waals surface area contributed by atoms with Crippen LogP contribution in [0.5, 0.6) is 0 Å². The number of hydrogen-bond donors (Lipinski definition) is 1. The van der Waals surface area contributed by atoms with E-state index in [2.05, 4.69) is 5.32 Å². The van der Waals surface area contributed by atoms with Crippen LogP contribution in [0, 0.1) is 6.92 Å². The molecule has 0 radical (unpaired) electrons. The van der Waals surface area contributed by atoms with E-state index in [1.54, 1.807) is 0 Å². The highest BCUT2D eigenvalue weighted by molar-refractivity contribution is 7.92. The van der Waals surface area contributed by atoms with Gasteiger partial charge in [0.2, 0.25) is 21.8 Å². The van der Waals surface area contributed by atoms with Crippen LogP contribution in [0.15, 0.2) is 66.7 Å². The van der Waals surface area contributed by atoms with Crippen LogP contribution in [0.2, 0.25) is 15.1 Å². The Morgan fingerprint density at radius 2 is 1.50 bits per heavy atom. The van der Waals surface area contributed by atoms with E-state index in [0.29, 0.717) is 0 Å². The normalized spacial score (nSPS) is 12.1. The van der Waals surface area contributed by atoms with Crippen LogP contribution in [0.1, 0.15) is 16.7 Å². The van der Waals surface area contributed by atoms with Crippen LogP contribution >= 0.6 is 34.8 Å². The average molecular weight is 597 g/mol. The van der Waals surface area contributed by atoms with Crippen molar-refractivity contribution < 1.29 is 18.0 Å². The first-order chi connectivity index (χ1) is 17.9. The molecule has 0 aliphatic rings. The van der Waals surface area contributed by atoms with Crippen LogP contribution in [0.4, 0.5) is 5.69 Å². The van der Waals surface area contributed by atoms with Gasteiger partial charge in [-0.1, -0.05) is 95.0 Å². The molecule has 3 aromatic carbocycles. The topological polar surface area (TPSA) is 86.8 Å². The van der Waals surface area contributed by atoms with Gasteiger partial charge < -0.3 is 10.2 Å². The van der Waals surface area contributed by atoms with Gasteiger partial charge in [0, 0.05) is 20.0 Å². The Balaban J connectivity index is 2.06. The average Bonchev–Trinajstić information content (AvgIpc) is 2.87. The van der Waals surface area contributed by atoms with Crippen molar-refractivity contribution in [3.63, 3.8) is 0 Å². The summed E-state index contributed by atoms with van der Waals surface area (Å²) < 4.78 is 26.5. The van der Waals surface area contributed by atoms with Crippen molar-refractivity contribution in [2.75, 3.05) is 24.2 Å². The van der Waals surface area contributed by atoms with E-state index < -0.39 is 28.5 Å². The zero-order valence-electron chi connectivity index (χ0n) is 21.1. The van der Waals surface area contributed by atoms with Crippen molar-refractivity contribution in [2.45, 2.75) is 25.9 Å². The molecule has 7 nitrogen and oxygen atoms in total. The number of nitrogens with one attached hydrogen (secondary N) is 1. The van der Waals surface area contributed by atoms with Gasteiger partial charge in [0.25, 0.3) is 0 Å². The van der Waals surface area contributed by atoms with E-state index in [-0.39, 0.29) is 39.6 Å². The molecular weight excluding hydrogens is 569 g/mol. The van der Waals surface area contributed by atoms with Gasteiger partial charge in [-0.3, -0.25) is 13.9 Å².